The van der Waals surface area contributed by atoms with Gasteiger partial charge in [0.1, 0.15) is 5.75 Å². The molecule has 0 fully saturated rings. The molecule has 0 aliphatic heterocycles. The number of rotatable bonds is 8. The lowest BCUT2D eigenvalue weighted by molar-refractivity contribution is -0.113. The van der Waals surface area contributed by atoms with Gasteiger partial charge in [-0.25, -0.2) is 0 Å². The van der Waals surface area contributed by atoms with Gasteiger partial charge in [-0.1, -0.05) is 41.6 Å². The third kappa shape index (κ3) is 5.40. The Bertz CT molecular complexity index is 1080. The third-order valence-corrected chi connectivity index (χ3v) is 6.53. The number of anilines is 1. The van der Waals surface area contributed by atoms with E-state index in [0.717, 1.165) is 22.7 Å². The van der Waals surface area contributed by atoms with Gasteiger partial charge in [0.25, 0.3) is 0 Å². The molecule has 31 heavy (non-hydrogen) atoms. The fraction of sp³-hybridized carbons (Fsp3) is 0.348. The number of carbonyl (C=O) groups excluding carboxylic acids is 1. The summed E-state index contributed by atoms with van der Waals surface area (Å²) in [5.41, 5.74) is 3.85. The molecule has 6 nitrogen and oxygen atoms in total. The Morgan fingerprint density at radius 2 is 1.90 bits per heavy atom. The highest BCUT2D eigenvalue weighted by Gasteiger charge is 2.20. The molecule has 1 amide bonds. The summed E-state index contributed by atoms with van der Waals surface area (Å²) >= 11 is 7.48. The summed E-state index contributed by atoms with van der Waals surface area (Å²) in [4.78, 5) is 12.4. The number of nitrogens with one attached hydrogen (secondary N) is 1. The van der Waals surface area contributed by atoms with Gasteiger partial charge in [0.2, 0.25) is 5.91 Å². The molecule has 0 aliphatic carbocycles. The van der Waals surface area contributed by atoms with Crippen LogP contribution in [0.15, 0.2) is 41.6 Å². The number of benzene rings is 2. The van der Waals surface area contributed by atoms with E-state index in [0.29, 0.717) is 22.4 Å². The first-order chi connectivity index (χ1) is 14.8. The highest BCUT2D eigenvalue weighted by atomic mass is 35.5. The van der Waals surface area contributed by atoms with E-state index in [1.165, 1.54) is 17.3 Å². The van der Waals surface area contributed by atoms with Crippen molar-refractivity contribution in [3.8, 4) is 5.75 Å². The number of carbonyl (C=O) groups is 1. The number of nitrogens with zero attached hydrogens (tertiary/aromatic N) is 3. The average Bonchev–Trinajstić information content (AvgIpc) is 3.16. The molecular weight excluding hydrogens is 432 g/mol. The predicted octanol–water partition coefficient (Wildman–Crippen LogP) is 5.75. The van der Waals surface area contributed by atoms with Crippen molar-refractivity contribution in [3.63, 3.8) is 0 Å². The first-order valence-corrected chi connectivity index (χ1v) is 11.5. The number of halogens is 1. The normalized spacial score (nSPS) is 11.9. The molecular formula is C23H27ClN4O2S. The largest absolute Gasteiger partial charge is 0.482 e. The quantitative estimate of drug-likeness (QED) is 0.435. The van der Waals surface area contributed by atoms with Gasteiger partial charge in [-0.05, 0) is 69.5 Å². The Morgan fingerprint density at radius 3 is 2.65 bits per heavy atom. The Balaban J connectivity index is 1.67. The van der Waals surface area contributed by atoms with Crippen molar-refractivity contribution in [2.45, 2.75) is 52.4 Å². The van der Waals surface area contributed by atoms with Gasteiger partial charge in [0, 0.05) is 17.3 Å². The van der Waals surface area contributed by atoms with Gasteiger partial charge in [-0.15, -0.1) is 10.2 Å². The molecule has 1 N–H and O–H groups in total. The van der Waals surface area contributed by atoms with Crippen LogP contribution in [-0.2, 0) is 11.3 Å². The van der Waals surface area contributed by atoms with Gasteiger partial charge in [0.15, 0.2) is 17.1 Å². The van der Waals surface area contributed by atoms with Crippen molar-refractivity contribution >= 4 is 35.0 Å². The van der Waals surface area contributed by atoms with Crippen LogP contribution < -0.4 is 10.1 Å². The van der Waals surface area contributed by atoms with Crippen molar-refractivity contribution < 1.29 is 9.53 Å². The molecule has 0 radical (unpaired) electrons. The van der Waals surface area contributed by atoms with Gasteiger partial charge < -0.3 is 14.6 Å². The van der Waals surface area contributed by atoms with Crippen LogP contribution in [0.4, 0.5) is 5.69 Å². The van der Waals surface area contributed by atoms with E-state index in [1.807, 2.05) is 56.5 Å². The summed E-state index contributed by atoms with van der Waals surface area (Å²) < 4.78 is 8.16. The number of thioether (sulfide) groups is 1. The molecule has 1 heterocycles. The van der Waals surface area contributed by atoms with Crippen LogP contribution in [0.2, 0.25) is 5.02 Å². The van der Waals surface area contributed by atoms with E-state index in [4.69, 9.17) is 16.3 Å². The van der Waals surface area contributed by atoms with Crippen LogP contribution in [0.25, 0.3) is 0 Å². The minimum atomic E-state index is -0.273. The number of ether oxygens (including phenoxy) is 1. The van der Waals surface area contributed by atoms with Crippen molar-refractivity contribution in [2.75, 3.05) is 11.1 Å². The fourth-order valence-corrected chi connectivity index (χ4v) is 4.14. The summed E-state index contributed by atoms with van der Waals surface area (Å²) in [6.45, 7) is 10.6. The van der Waals surface area contributed by atoms with Crippen LogP contribution >= 0.6 is 23.4 Å². The lowest BCUT2D eigenvalue weighted by Crippen LogP contribution is -2.16. The molecule has 2 aromatic carbocycles. The van der Waals surface area contributed by atoms with Crippen molar-refractivity contribution in [1.29, 1.82) is 0 Å². The van der Waals surface area contributed by atoms with E-state index >= 15 is 0 Å². The van der Waals surface area contributed by atoms with E-state index in [2.05, 4.69) is 28.5 Å². The number of amides is 1. The smallest absolute Gasteiger partial charge is 0.234 e. The second-order valence-electron chi connectivity index (χ2n) is 7.29. The lowest BCUT2D eigenvalue weighted by Gasteiger charge is -2.17. The highest BCUT2D eigenvalue weighted by Crippen LogP contribution is 2.28. The third-order valence-electron chi connectivity index (χ3n) is 5.16. The Labute approximate surface area is 192 Å². The monoisotopic (exact) mass is 458 g/mol. The van der Waals surface area contributed by atoms with E-state index < -0.39 is 0 Å². The second kappa shape index (κ2) is 10.2. The van der Waals surface area contributed by atoms with Gasteiger partial charge in [0.05, 0.1) is 5.75 Å². The summed E-state index contributed by atoms with van der Waals surface area (Å²) in [7, 11) is 0. The van der Waals surface area contributed by atoms with Crippen molar-refractivity contribution in [3.05, 3.63) is 63.9 Å². The minimum absolute atomic E-state index is 0.123. The standard InChI is InChI=1S/C23H27ClN4O2S/c1-6-28-22(17(5)30-20-12-7-9-14(2)15(20)3)26-27-23(28)31-13-21(29)25-19-11-8-10-18(24)16(19)4/h7-12,17H,6,13H2,1-5H3,(H,25,29). The predicted molar refractivity (Wildman–Crippen MR) is 126 cm³/mol. The molecule has 1 atom stereocenters. The molecule has 1 unspecified atom stereocenters. The SMILES string of the molecule is CCn1c(SCC(=O)Nc2cccc(Cl)c2C)nnc1C(C)Oc1cccc(C)c1C. The number of hydrogen-bond acceptors (Lipinski definition) is 5. The molecule has 0 aliphatic rings. The Kier molecular flexibility index (Phi) is 7.62. The first-order valence-electron chi connectivity index (χ1n) is 10.2. The molecule has 0 spiro atoms. The number of hydrogen-bond donors (Lipinski definition) is 1. The molecule has 3 aromatic rings. The molecule has 3 rings (SSSR count). The van der Waals surface area contributed by atoms with Crippen molar-refractivity contribution in [2.24, 2.45) is 0 Å². The fourth-order valence-electron chi connectivity index (χ4n) is 3.16. The minimum Gasteiger partial charge on any atom is -0.482 e. The summed E-state index contributed by atoms with van der Waals surface area (Å²) in [5.74, 6) is 1.67. The van der Waals surface area contributed by atoms with Crippen LogP contribution in [0.5, 0.6) is 5.75 Å². The van der Waals surface area contributed by atoms with Gasteiger partial charge in [-0.3, -0.25) is 4.79 Å². The summed E-state index contributed by atoms with van der Waals surface area (Å²) in [5, 5.41) is 12.9. The lowest BCUT2D eigenvalue weighted by atomic mass is 10.1. The molecule has 0 saturated heterocycles. The zero-order valence-corrected chi connectivity index (χ0v) is 20.0. The van der Waals surface area contributed by atoms with Crippen molar-refractivity contribution in [1.82, 2.24) is 14.8 Å². The maximum atomic E-state index is 12.4. The maximum absolute atomic E-state index is 12.4. The van der Waals surface area contributed by atoms with Gasteiger partial charge >= 0.3 is 0 Å². The van der Waals surface area contributed by atoms with Crippen LogP contribution in [-0.4, -0.2) is 26.4 Å². The van der Waals surface area contributed by atoms with E-state index in [1.54, 1.807) is 6.07 Å². The second-order valence-corrected chi connectivity index (χ2v) is 8.64. The maximum Gasteiger partial charge on any atom is 0.234 e. The molecule has 0 bridgehead atoms. The first kappa shape index (κ1) is 23.2. The van der Waals surface area contributed by atoms with E-state index in [9.17, 15) is 4.79 Å². The van der Waals surface area contributed by atoms with E-state index in [-0.39, 0.29) is 17.8 Å². The average molecular weight is 459 g/mol. The topological polar surface area (TPSA) is 69.0 Å². The van der Waals surface area contributed by atoms with Crippen LogP contribution in [0.1, 0.15) is 42.5 Å². The number of aromatic nitrogens is 3. The molecule has 8 heteroatoms. The highest BCUT2D eigenvalue weighted by molar-refractivity contribution is 7.99. The Hall–Kier alpha value is -2.51. The summed E-state index contributed by atoms with van der Waals surface area (Å²) in [6, 6.07) is 11.5. The van der Waals surface area contributed by atoms with Crippen LogP contribution in [0.3, 0.4) is 0 Å². The molecule has 1 aromatic heterocycles. The molecule has 164 valence electrons. The zero-order valence-electron chi connectivity index (χ0n) is 18.4. The summed E-state index contributed by atoms with van der Waals surface area (Å²) in [6.07, 6.45) is -0.273. The zero-order chi connectivity index (χ0) is 22.5. The van der Waals surface area contributed by atoms with Gasteiger partial charge in [-0.2, -0.15) is 0 Å². The number of aryl methyl sites for hydroxylation is 1. The molecule has 0 saturated carbocycles. The van der Waals surface area contributed by atoms with Crippen LogP contribution in [0, 0.1) is 20.8 Å². The Morgan fingerprint density at radius 1 is 1.16 bits per heavy atom.